The Morgan fingerprint density at radius 2 is 1.84 bits per heavy atom. The van der Waals surface area contributed by atoms with E-state index in [-0.39, 0.29) is 30.3 Å². The van der Waals surface area contributed by atoms with Crippen molar-refractivity contribution in [2.24, 2.45) is 11.7 Å². The minimum atomic E-state index is -0.190. The van der Waals surface area contributed by atoms with Crippen LogP contribution in [0.5, 0.6) is 5.75 Å². The third kappa shape index (κ3) is 4.13. The van der Waals surface area contributed by atoms with Crippen molar-refractivity contribution in [2.45, 2.75) is 12.8 Å². The van der Waals surface area contributed by atoms with Crippen LogP contribution in [0.4, 0.5) is 0 Å². The lowest BCUT2D eigenvalue weighted by Gasteiger charge is -2.30. The van der Waals surface area contributed by atoms with Crippen molar-refractivity contribution < 1.29 is 9.53 Å². The second kappa shape index (κ2) is 6.99. The molecule has 104 valence electrons. The van der Waals surface area contributed by atoms with Gasteiger partial charge in [0, 0.05) is 13.1 Å². The number of nitrogens with zero attached hydrogens (tertiary/aromatic N) is 1. The fourth-order valence-corrected chi connectivity index (χ4v) is 2.04. The Hall–Kier alpha value is -1.75. The average Bonchev–Trinajstić information content (AvgIpc) is 2.40. The number of carbonyl (C=O) groups excluding carboxylic acids is 1. The van der Waals surface area contributed by atoms with Crippen LogP contribution in [0.1, 0.15) is 12.8 Å². The molecule has 0 atom stereocenters. The third-order valence-corrected chi connectivity index (χ3v) is 3.13. The van der Waals surface area contributed by atoms with Gasteiger partial charge >= 0.3 is 5.97 Å². The maximum atomic E-state index is 11.9. The van der Waals surface area contributed by atoms with Crippen molar-refractivity contribution in [1.29, 1.82) is 5.41 Å². The van der Waals surface area contributed by atoms with Gasteiger partial charge in [-0.25, -0.2) is 0 Å². The Morgan fingerprint density at radius 3 is 2.37 bits per heavy atom. The van der Waals surface area contributed by atoms with E-state index in [1.807, 2.05) is 18.2 Å². The molecule has 0 saturated carbocycles. The number of benzene rings is 1. The zero-order chi connectivity index (χ0) is 13.0. The summed E-state index contributed by atoms with van der Waals surface area (Å²) in [6.45, 7) is 1.29. The number of carbonyl (C=O) groups is 1. The van der Waals surface area contributed by atoms with Crippen molar-refractivity contribution >= 4 is 24.3 Å². The monoisotopic (exact) mass is 283 g/mol. The summed E-state index contributed by atoms with van der Waals surface area (Å²) in [6.07, 6.45) is 1.37. The van der Waals surface area contributed by atoms with Crippen LogP contribution >= 0.6 is 12.4 Å². The fraction of sp³-hybridized carbons (Fsp3) is 0.385. The highest BCUT2D eigenvalue weighted by atomic mass is 35.5. The van der Waals surface area contributed by atoms with Crippen molar-refractivity contribution in [3.63, 3.8) is 0 Å². The second-order valence-corrected chi connectivity index (χ2v) is 4.38. The van der Waals surface area contributed by atoms with Gasteiger partial charge in [-0.1, -0.05) is 18.2 Å². The average molecular weight is 284 g/mol. The van der Waals surface area contributed by atoms with Gasteiger partial charge in [0.1, 0.15) is 5.75 Å². The molecule has 0 aromatic heterocycles. The van der Waals surface area contributed by atoms with E-state index in [1.54, 1.807) is 17.0 Å². The Balaban J connectivity index is 0.00000180. The lowest BCUT2D eigenvalue weighted by atomic mass is 9.97. The van der Waals surface area contributed by atoms with E-state index in [2.05, 4.69) is 0 Å². The minimum absolute atomic E-state index is 0. The summed E-state index contributed by atoms with van der Waals surface area (Å²) >= 11 is 0. The smallest absolute Gasteiger partial charge is 0.314 e. The van der Waals surface area contributed by atoms with E-state index in [4.69, 9.17) is 15.9 Å². The lowest BCUT2D eigenvalue weighted by molar-refractivity contribution is -0.140. The molecule has 0 unspecified atom stereocenters. The van der Waals surface area contributed by atoms with E-state index >= 15 is 0 Å². The molecule has 6 heteroatoms. The Morgan fingerprint density at radius 1 is 1.26 bits per heavy atom. The Bertz CT molecular complexity index is 431. The van der Waals surface area contributed by atoms with Crippen LogP contribution in [0.25, 0.3) is 0 Å². The van der Waals surface area contributed by atoms with Gasteiger partial charge in [-0.05, 0) is 25.0 Å². The summed E-state index contributed by atoms with van der Waals surface area (Å²) in [6, 6.07) is 9.08. The summed E-state index contributed by atoms with van der Waals surface area (Å²) in [5, 5.41) is 7.33. The van der Waals surface area contributed by atoms with Crippen molar-refractivity contribution in [3.8, 4) is 5.75 Å². The molecule has 1 aliphatic rings. The van der Waals surface area contributed by atoms with Gasteiger partial charge in [-0.3, -0.25) is 10.2 Å². The van der Waals surface area contributed by atoms with Gasteiger partial charge in [-0.15, -0.1) is 12.4 Å². The van der Waals surface area contributed by atoms with Crippen LogP contribution in [0.2, 0.25) is 0 Å². The van der Waals surface area contributed by atoms with E-state index in [0.717, 1.165) is 0 Å². The summed E-state index contributed by atoms with van der Waals surface area (Å²) in [5.41, 5.74) is 5.41. The maximum absolute atomic E-state index is 11.9. The molecule has 0 amide bonds. The van der Waals surface area contributed by atoms with Crippen LogP contribution in [-0.4, -0.2) is 29.9 Å². The second-order valence-electron chi connectivity index (χ2n) is 4.38. The molecule has 1 heterocycles. The Labute approximate surface area is 118 Å². The molecule has 0 radical (unpaired) electrons. The molecule has 1 saturated heterocycles. The molecule has 5 nitrogen and oxygen atoms in total. The molecular formula is C13H18ClN3O2. The normalized spacial score (nSPS) is 15.5. The van der Waals surface area contributed by atoms with Gasteiger partial charge in [0.05, 0.1) is 5.92 Å². The van der Waals surface area contributed by atoms with Gasteiger partial charge < -0.3 is 15.4 Å². The quantitative estimate of drug-likeness (QED) is 0.374. The fourth-order valence-electron chi connectivity index (χ4n) is 2.04. The lowest BCUT2D eigenvalue weighted by Crippen LogP contribution is -2.44. The third-order valence-electron chi connectivity index (χ3n) is 3.13. The first-order chi connectivity index (χ1) is 8.66. The number of likely N-dealkylation sites (tertiary alicyclic amines) is 1. The molecule has 0 bridgehead atoms. The summed E-state index contributed by atoms with van der Waals surface area (Å²) in [5.74, 6) is 0.367. The molecule has 1 fully saturated rings. The summed E-state index contributed by atoms with van der Waals surface area (Å²) in [4.78, 5) is 13.7. The zero-order valence-corrected chi connectivity index (χ0v) is 11.4. The molecular weight excluding hydrogens is 266 g/mol. The minimum Gasteiger partial charge on any atom is -0.426 e. The van der Waals surface area contributed by atoms with E-state index in [9.17, 15) is 4.79 Å². The first-order valence-electron chi connectivity index (χ1n) is 6.02. The molecule has 2 rings (SSSR count). The zero-order valence-electron chi connectivity index (χ0n) is 10.5. The van der Waals surface area contributed by atoms with Crippen LogP contribution in [0.3, 0.4) is 0 Å². The number of piperidine rings is 1. The number of hydrogen-bond donors (Lipinski definition) is 2. The van der Waals surface area contributed by atoms with Gasteiger partial charge in [0.2, 0.25) is 0 Å². The predicted molar refractivity (Wildman–Crippen MR) is 75.5 cm³/mol. The number of ether oxygens (including phenoxy) is 1. The molecule has 0 spiro atoms. The molecule has 1 aromatic carbocycles. The summed E-state index contributed by atoms with van der Waals surface area (Å²) in [7, 11) is 0. The van der Waals surface area contributed by atoms with Crippen LogP contribution in [0, 0.1) is 11.3 Å². The number of halogens is 1. The topological polar surface area (TPSA) is 79.4 Å². The van der Waals surface area contributed by atoms with Gasteiger partial charge in [-0.2, -0.15) is 0 Å². The van der Waals surface area contributed by atoms with Crippen LogP contribution in [0.15, 0.2) is 30.3 Å². The number of hydrogen-bond acceptors (Lipinski definition) is 3. The number of guanidine groups is 1. The highest BCUT2D eigenvalue weighted by Crippen LogP contribution is 2.20. The number of esters is 1. The number of nitrogens with two attached hydrogens (primary N) is 1. The SMILES string of the molecule is Cl.N=C(N)N1CCC(C(=O)Oc2ccccc2)CC1. The molecule has 3 N–H and O–H groups in total. The first kappa shape index (κ1) is 15.3. The van der Waals surface area contributed by atoms with E-state index in [1.165, 1.54) is 0 Å². The Kier molecular flexibility index (Phi) is 5.63. The van der Waals surface area contributed by atoms with Gasteiger partial charge in [0.15, 0.2) is 5.96 Å². The highest BCUT2D eigenvalue weighted by molar-refractivity contribution is 5.85. The van der Waals surface area contributed by atoms with Crippen LogP contribution < -0.4 is 10.5 Å². The number of para-hydroxylation sites is 1. The predicted octanol–water partition coefficient (Wildman–Crippen LogP) is 1.62. The molecule has 1 aromatic rings. The van der Waals surface area contributed by atoms with Crippen molar-refractivity contribution in [2.75, 3.05) is 13.1 Å². The molecule has 0 aliphatic carbocycles. The first-order valence-corrected chi connectivity index (χ1v) is 6.02. The standard InChI is InChI=1S/C13H17N3O2.ClH/c14-13(15)16-8-6-10(7-9-16)12(17)18-11-4-2-1-3-5-11;/h1-5,10H,6-9H2,(H3,14,15);1H. The van der Waals surface area contributed by atoms with Gasteiger partial charge in [0.25, 0.3) is 0 Å². The van der Waals surface area contributed by atoms with E-state index < -0.39 is 0 Å². The maximum Gasteiger partial charge on any atom is 0.314 e. The molecule has 1 aliphatic heterocycles. The largest absolute Gasteiger partial charge is 0.426 e. The number of nitrogens with one attached hydrogen (secondary N) is 1. The number of rotatable bonds is 2. The summed E-state index contributed by atoms with van der Waals surface area (Å²) < 4.78 is 5.31. The molecule has 19 heavy (non-hydrogen) atoms. The highest BCUT2D eigenvalue weighted by Gasteiger charge is 2.26. The van der Waals surface area contributed by atoms with E-state index in [0.29, 0.717) is 31.7 Å². The van der Waals surface area contributed by atoms with Crippen molar-refractivity contribution in [3.05, 3.63) is 30.3 Å². The van der Waals surface area contributed by atoms with Crippen LogP contribution in [-0.2, 0) is 4.79 Å². The van der Waals surface area contributed by atoms with Crippen molar-refractivity contribution in [1.82, 2.24) is 4.90 Å².